The van der Waals surface area contributed by atoms with Crippen molar-refractivity contribution in [3.8, 4) is 0 Å². The molecule has 1 atom stereocenters. The first-order valence-corrected chi connectivity index (χ1v) is 7.57. The van der Waals surface area contributed by atoms with Crippen LogP contribution < -0.4 is 0 Å². The van der Waals surface area contributed by atoms with Gasteiger partial charge in [0, 0.05) is 0 Å². The largest absolute Gasteiger partial charge is 0.447 e. The maximum Gasteiger partial charge on any atom is 0.411 e. The molecule has 1 saturated heterocycles. The molecular formula is C17H16N4O2. The fraction of sp³-hybridized carbons (Fsp3) is 0.235. The number of nitrogens with zero attached hydrogens (tertiary/aromatic N) is 4. The lowest BCUT2D eigenvalue weighted by Crippen LogP contribution is -2.36. The summed E-state index contributed by atoms with van der Waals surface area (Å²) in [4.78, 5) is 13.8. The number of amides is 1. The molecule has 0 N–H and O–H groups in total. The number of aromatic nitrogens is 3. The predicted molar refractivity (Wildman–Crippen MR) is 84.6 cm³/mol. The van der Waals surface area contributed by atoms with Crippen molar-refractivity contribution in [3.05, 3.63) is 60.2 Å². The first kappa shape index (κ1) is 13.8. The predicted octanol–water partition coefficient (Wildman–Crippen LogP) is 2.45. The van der Waals surface area contributed by atoms with Gasteiger partial charge in [0.1, 0.15) is 18.8 Å². The second-order valence-corrected chi connectivity index (χ2v) is 5.61. The van der Waals surface area contributed by atoms with E-state index in [1.165, 1.54) is 5.56 Å². The molecule has 1 unspecified atom stereocenters. The third-order valence-electron chi connectivity index (χ3n) is 4.10. The van der Waals surface area contributed by atoms with Gasteiger partial charge >= 0.3 is 6.09 Å². The lowest BCUT2D eigenvalue weighted by Gasteiger charge is -2.21. The smallest absolute Gasteiger partial charge is 0.411 e. The van der Waals surface area contributed by atoms with E-state index in [9.17, 15) is 4.79 Å². The topological polar surface area (TPSA) is 60.2 Å². The second-order valence-electron chi connectivity index (χ2n) is 5.61. The number of ether oxygens (including phenoxy) is 1. The van der Waals surface area contributed by atoms with E-state index in [4.69, 9.17) is 4.74 Å². The molecule has 0 saturated carbocycles. The number of fused-ring (bicyclic) bond motifs is 1. The van der Waals surface area contributed by atoms with Crippen LogP contribution in [0.5, 0.6) is 0 Å². The normalized spacial score (nSPS) is 17.7. The molecular weight excluding hydrogens is 292 g/mol. The lowest BCUT2D eigenvalue weighted by molar-refractivity contribution is 0.147. The Morgan fingerprint density at radius 3 is 2.74 bits per heavy atom. The Bertz CT molecular complexity index is 831. The highest BCUT2D eigenvalue weighted by molar-refractivity contribution is 5.74. The molecule has 0 spiro atoms. The van der Waals surface area contributed by atoms with Crippen molar-refractivity contribution in [3.63, 3.8) is 0 Å². The molecule has 1 aromatic heterocycles. The number of carbonyl (C=O) groups excluding carboxylic acids is 1. The highest BCUT2D eigenvalue weighted by Gasteiger charge is 2.33. The van der Waals surface area contributed by atoms with Gasteiger partial charge in [-0.2, -0.15) is 0 Å². The van der Waals surface area contributed by atoms with Crippen LogP contribution >= 0.6 is 0 Å². The number of cyclic esters (lactones) is 1. The maximum atomic E-state index is 12.1. The number of para-hydroxylation sites is 1. The van der Waals surface area contributed by atoms with Gasteiger partial charge in [-0.05, 0) is 24.1 Å². The molecule has 1 fully saturated rings. The van der Waals surface area contributed by atoms with E-state index in [1.54, 1.807) is 9.58 Å². The Morgan fingerprint density at radius 2 is 1.87 bits per heavy atom. The summed E-state index contributed by atoms with van der Waals surface area (Å²) in [6.07, 6.45) is 0.463. The number of rotatable bonds is 4. The van der Waals surface area contributed by atoms with E-state index in [-0.39, 0.29) is 12.1 Å². The fourth-order valence-electron chi connectivity index (χ4n) is 2.88. The quantitative estimate of drug-likeness (QED) is 0.743. The Hall–Kier alpha value is -2.89. The zero-order valence-corrected chi connectivity index (χ0v) is 12.5. The Morgan fingerprint density at radius 1 is 1.09 bits per heavy atom. The minimum Gasteiger partial charge on any atom is -0.447 e. The zero-order valence-electron chi connectivity index (χ0n) is 12.5. The molecule has 2 heterocycles. The maximum absolute atomic E-state index is 12.1. The lowest BCUT2D eigenvalue weighted by atomic mass is 10.1. The molecule has 6 heteroatoms. The first-order valence-electron chi connectivity index (χ1n) is 7.57. The van der Waals surface area contributed by atoms with Gasteiger partial charge < -0.3 is 4.74 Å². The molecule has 3 aromatic rings. The Kier molecular flexibility index (Phi) is 3.42. The summed E-state index contributed by atoms with van der Waals surface area (Å²) < 4.78 is 6.97. The summed E-state index contributed by atoms with van der Waals surface area (Å²) in [7, 11) is 0. The van der Waals surface area contributed by atoms with Gasteiger partial charge in [-0.25, -0.2) is 9.48 Å². The van der Waals surface area contributed by atoms with Gasteiger partial charge in [-0.1, -0.05) is 47.7 Å². The highest BCUT2D eigenvalue weighted by Crippen LogP contribution is 2.19. The first-order chi connectivity index (χ1) is 11.3. The van der Waals surface area contributed by atoms with E-state index in [0.717, 1.165) is 17.5 Å². The van der Waals surface area contributed by atoms with Gasteiger partial charge in [0.2, 0.25) is 0 Å². The molecule has 23 heavy (non-hydrogen) atoms. The van der Waals surface area contributed by atoms with Crippen molar-refractivity contribution < 1.29 is 9.53 Å². The van der Waals surface area contributed by atoms with E-state index >= 15 is 0 Å². The summed E-state index contributed by atoms with van der Waals surface area (Å²) in [5.74, 6) is 0. The van der Waals surface area contributed by atoms with Crippen LogP contribution in [-0.4, -0.2) is 38.6 Å². The Labute approximate surface area is 133 Å². The van der Waals surface area contributed by atoms with Gasteiger partial charge in [0.05, 0.1) is 11.6 Å². The van der Waals surface area contributed by atoms with Crippen molar-refractivity contribution in [1.29, 1.82) is 0 Å². The third-order valence-corrected chi connectivity index (χ3v) is 4.10. The van der Waals surface area contributed by atoms with E-state index < -0.39 is 0 Å². The van der Waals surface area contributed by atoms with Crippen LogP contribution in [0.25, 0.3) is 11.0 Å². The van der Waals surface area contributed by atoms with E-state index in [2.05, 4.69) is 22.4 Å². The summed E-state index contributed by atoms with van der Waals surface area (Å²) in [5.41, 5.74) is 2.91. The van der Waals surface area contributed by atoms with E-state index in [1.807, 2.05) is 42.5 Å². The summed E-state index contributed by atoms with van der Waals surface area (Å²) in [6.45, 7) is 0.747. The molecule has 116 valence electrons. The number of benzene rings is 2. The number of hydrogen-bond acceptors (Lipinski definition) is 4. The third kappa shape index (κ3) is 2.63. The van der Waals surface area contributed by atoms with Crippen LogP contribution in [0.4, 0.5) is 4.79 Å². The molecule has 4 rings (SSSR count). The molecule has 1 amide bonds. The van der Waals surface area contributed by atoms with Crippen LogP contribution in [0.2, 0.25) is 0 Å². The standard InChI is InChI=1S/C17H16N4O2/c22-17-20(12-21-16-9-5-4-8-15(16)18-19-21)14(11-23-17)10-13-6-2-1-3-7-13/h1-9,14H,10-12H2. The van der Waals surface area contributed by atoms with Gasteiger partial charge in [0.15, 0.2) is 0 Å². The van der Waals surface area contributed by atoms with Crippen molar-refractivity contribution in [2.45, 2.75) is 19.1 Å². The molecule has 1 aliphatic heterocycles. The number of carbonyl (C=O) groups is 1. The van der Waals surface area contributed by atoms with Gasteiger partial charge in [0.25, 0.3) is 0 Å². The molecule has 0 radical (unpaired) electrons. The van der Waals surface area contributed by atoms with Crippen molar-refractivity contribution >= 4 is 17.1 Å². The Balaban J connectivity index is 1.57. The fourth-order valence-corrected chi connectivity index (χ4v) is 2.88. The summed E-state index contributed by atoms with van der Waals surface area (Å²) >= 11 is 0. The van der Waals surface area contributed by atoms with Crippen molar-refractivity contribution in [2.75, 3.05) is 6.61 Å². The van der Waals surface area contributed by atoms with Gasteiger partial charge in [-0.15, -0.1) is 5.10 Å². The van der Waals surface area contributed by atoms with Crippen LogP contribution in [-0.2, 0) is 17.8 Å². The monoisotopic (exact) mass is 308 g/mol. The van der Waals surface area contributed by atoms with Crippen LogP contribution in [0.1, 0.15) is 5.56 Å². The second kappa shape index (κ2) is 5.72. The average molecular weight is 308 g/mol. The summed E-state index contributed by atoms with van der Waals surface area (Å²) in [6, 6.07) is 17.8. The van der Waals surface area contributed by atoms with Crippen molar-refractivity contribution in [2.24, 2.45) is 0 Å². The van der Waals surface area contributed by atoms with E-state index in [0.29, 0.717) is 13.3 Å². The minimum absolute atomic E-state index is 0.00728. The van der Waals surface area contributed by atoms with Crippen LogP contribution in [0.3, 0.4) is 0 Å². The molecule has 6 nitrogen and oxygen atoms in total. The molecule has 0 aliphatic carbocycles. The highest BCUT2D eigenvalue weighted by atomic mass is 16.6. The van der Waals surface area contributed by atoms with Crippen LogP contribution in [0.15, 0.2) is 54.6 Å². The van der Waals surface area contributed by atoms with Crippen LogP contribution in [0, 0.1) is 0 Å². The number of hydrogen-bond donors (Lipinski definition) is 0. The molecule has 2 aromatic carbocycles. The minimum atomic E-state index is -0.300. The zero-order chi connectivity index (χ0) is 15.6. The van der Waals surface area contributed by atoms with Crippen molar-refractivity contribution in [1.82, 2.24) is 19.9 Å². The summed E-state index contributed by atoms with van der Waals surface area (Å²) in [5, 5.41) is 8.28. The van der Waals surface area contributed by atoms with Gasteiger partial charge in [-0.3, -0.25) is 4.90 Å². The molecule has 0 bridgehead atoms. The average Bonchev–Trinajstić information content (AvgIpc) is 3.15. The molecule has 1 aliphatic rings. The SMILES string of the molecule is O=C1OCC(Cc2ccccc2)N1Cn1nnc2ccccc21.